The van der Waals surface area contributed by atoms with Crippen LogP contribution in [0.4, 0.5) is 11.4 Å². The van der Waals surface area contributed by atoms with Gasteiger partial charge in [0.15, 0.2) is 0 Å². The first-order valence-electron chi connectivity index (χ1n) is 7.59. The van der Waals surface area contributed by atoms with E-state index in [0.717, 1.165) is 0 Å². The van der Waals surface area contributed by atoms with Gasteiger partial charge in [-0.1, -0.05) is 32.9 Å². The number of carboxylic acids is 1. The van der Waals surface area contributed by atoms with E-state index in [4.69, 9.17) is 0 Å². The molecule has 1 unspecified atom stereocenters. The fourth-order valence-electron chi connectivity index (χ4n) is 2.04. The molecular weight excluding hydrogens is 314 g/mol. The van der Waals surface area contributed by atoms with Gasteiger partial charge in [-0.15, -0.1) is 0 Å². The third-order valence-corrected chi connectivity index (χ3v) is 3.36. The van der Waals surface area contributed by atoms with E-state index in [1.54, 1.807) is 6.07 Å². The number of rotatable bonds is 8. The summed E-state index contributed by atoms with van der Waals surface area (Å²) in [5.41, 5.74) is 0.0217. The smallest absolute Gasteiger partial charge is 0.326 e. The van der Waals surface area contributed by atoms with Crippen LogP contribution in [-0.4, -0.2) is 34.5 Å². The average Bonchev–Trinajstić information content (AvgIpc) is 2.48. The molecular formula is C16H23N3O5. The van der Waals surface area contributed by atoms with Crippen molar-refractivity contribution in [3.63, 3.8) is 0 Å². The molecule has 1 amide bonds. The molecule has 0 fully saturated rings. The zero-order chi connectivity index (χ0) is 18.3. The number of nitro benzene ring substituents is 1. The zero-order valence-corrected chi connectivity index (χ0v) is 14.0. The molecule has 0 heterocycles. The van der Waals surface area contributed by atoms with Crippen molar-refractivity contribution in [2.24, 2.45) is 5.41 Å². The van der Waals surface area contributed by atoms with Gasteiger partial charge in [0.1, 0.15) is 11.7 Å². The summed E-state index contributed by atoms with van der Waals surface area (Å²) in [5, 5.41) is 25.2. The molecule has 0 radical (unpaired) electrons. The third kappa shape index (κ3) is 6.64. The van der Waals surface area contributed by atoms with Crippen LogP contribution >= 0.6 is 0 Å². The summed E-state index contributed by atoms with van der Waals surface area (Å²) in [7, 11) is 0. The summed E-state index contributed by atoms with van der Waals surface area (Å²) >= 11 is 0. The molecule has 3 N–H and O–H groups in total. The number of nitrogens with one attached hydrogen (secondary N) is 2. The Balaban J connectivity index is 2.61. The first-order chi connectivity index (χ1) is 11.1. The summed E-state index contributed by atoms with van der Waals surface area (Å²) in [6.07, 6.45) is 0.956. The fourth-order valence-corrected chi connectivity index (χ4v) is 2.04. The van der Waals surface area contributed by atoms with Gasteiger partial charge in [-0.3, -0.25) is 14.9 Å². The molecule has 0 spiro atoms. The minimum Gasteiger partial charge on any atom is -0.480 e. The van der Waals surface area contributed by atoms with Crippen molar-refractivity contribution < 1.29 is 19.6 Å². The molecule has 0 aromatic heterocycles. The third-order valence-electron chi connectivity index (χ3n) is 3.36. The van der Waals surface area contributed by atoms with Crippen molar-refractivity contribution in [2.75, 3.05) is 11.9 Å². The lowest BCUT2D eigenvalue weighted by Crippen LogP contribution is -2.43. The van der Waals surface area contributed by atoms with Crippen LogP contribution in [0.1, 0.15) is 33.6 Å². The van der Waals surface area contributed by atoms with Gasteiger partial charge in [0.05, 0.1) is 11.5 Å². The Labute approximate surface area is 140 Å². The number of carbonyl (C=O) groups excluding carboxylic acids is 1. The number of nitro groups is 1. The van der Waals surface area contributed by atoms with Gasteiger partial charge >= 0.3 is 5.97 Å². The molecule has 1 aromatic rings. The minimum atomic E-state index is -1.10. The molecule has 0 aliphatic heterocycles. The fraction of sp³-hybridized carbons (Fsp3) is 0.500. The highest BCUT2D eigenvalue weighted by atomic mass is 16.6. The lowest BCUT2D eigenvalue weighted by Gasteiger charge is -2.21. The van der Waals surface area contributed by atoms with Crippen LogP contribution in [0.15, 0.2) is 24.3 Å². The van der Waals surface area contributed by atoms with Crippen molar-refractivity contribution in [1.82, 2.24) is 5.32 Å². The molecule has 1 aromatic carbocycles. The summed E-state index contributed by atoms with van der Waals surface area (Å²) in [4.78, 5) is 33.5. The second-order valence-electron chi connectivity index (χ2n) is 6.69. The molecule has 0 saturated heterocycles. The summed E-state index contributed by atoms with van der Waals surface area (Å²) in [6, 6.07) is 4.96. The Morgan fingerprint density at radius 1 is 1.29 bits per heavy atom. The monoisotopic (exact) mass is 337 g/mol. The average molecular weight is 337 g/mol. The molecule has 8 heteroatoms. The van der Waals surface area contributed by atoms with Gasteiger partial charge in [0, 0.05) is 6.07 Å². The number of hydrogen-bond donors (Lipinski definition) is 3. The van der Waals surface area contributed by atoms with Crippen molar-refractivity contribution in [3.8, 4) is 0 Å². The van der Waals surface area contributed by atoms with Crippen LogP contribution in [-0.2, 0) is 9.59 Å². The van der Waals surface area contributed by atoms with E-state index >= 15 is 0 Å². The second kappa shape index (κ2) is 8.28. The van der Waals surface area contributed by atoms with Gasteiger partial charge in [-0.25, -0.2) is 4.79 Å². The maximum absolute atomic E-state index is 11.9. The summed E-state index contributed by atoms with van der Waals surface area (Å²) < 4.78 is 0. The standard InChI is InChI=1S/C16H23N3O5/c1-16(2,3)9-8-12(15(21)22)18-14(20)10-17-11-6-4-5-7-13(11)19(23)24/h4-7,12,17H,8-10H2,1-3H3,(H,18,20)(H,21,22). The van der Waals surface area contributed by atoms with Gasteiger partial charge in [-0.2, -0.15) is 0 Å². The van der Waals surface area contributed by atoms with E-state index in [2.05, 4.69) is 10.6 Å². The van der Waals surface area contributed by atoms with Crippen LogP contribution in [0, 0.1) is 15.5 Å². The van der Waals surface area contributed by atoms with Crippen LogP contribution < -0.4 is 10.6 Å². The Bertz CT molecular complexity index is 610. The number of carboxylic acid groups (broad SMARTS) is 1. The highest BCUT2D eigenvalue weighted by molar-refractivity contribution is 5.86. The van der Waals surface area contributed by atoms with Crippen molar-refractivity contribution in [3.05, 3.63) is 34.4 Å². The topological polar surface area (TPSA) is 122 Å². The Morgan fingerprint density at radius 3 is 2.46 bits per heavy atom. The van der Waals surface area contributed by atoms with Crippen LogP contribution in [0.2, 0.25) is 0 Å². The normalized spacial score (nSPS) is 12.3. The van der Waals surface area contributed by atoms with E-state index in [-0.39, 0.29) is 23.3 Å². The number of para-hydroxylation sites is 2. The van der Waals surface area contributed by atoms with Gasteiger partial charge in [0.25, 0.3) is 5.69 Å². The lowest BCUT2D eigenvalue weighted by molar-refractivity contribution is -0.383. The maximum Gasteiger partial charge on any atom is 0.326 e. The largest absolute Gasteiger partial charge is 0.480 e. The summed E-state index contributed by atoms with van der Waals surface area (Å²) in [5.74, 6) is -1.63. The van der Waals surface area contributed by atoms with E-state index in [1.165, 1.54) is 18.2 Å². The van der Waals surface area contributed by atoms with E-state index in [1.807, 2.05) is 20.8 Å². The molecule has 8 nitrogen and oxygen atoms in total. The second-order valence-corrected chi connectivity index (χ2v) is 6.69. The first-order valence-corrected chi connectivity index (χ1v) is 7.59. The van der Waals surface area contributed by atoms with Crippen molar-refractivity contribution >= 4 is 23.3 Å². The minimum absolute atomic E-state index is 0.0403. The van der Waals surface area contributed by atoms with E-state index < -0.39 is 22.8 Å². The van der Waals surface area contributed by atoms with Crippen LogP contribution in [0.5, 0.6) is 0 Å². The Morgan fingerprint density at radius 2 is 1.92 bits per heavy atom. The molecule has 0 aliphatic rings. The zero-order valence-electron chi connectivity index (χ0n) is 14.0. The van der Waals surface area contributed by atoms with E-state index in [0.29, 0.717) is 12.8 Å². The van der Waals surface area contributed by atoms with Crippen LogP contribution in [0.25, 0.3) is 0 Å². The van der Waals surface area contributed by atoms with Gasteiger partial charge < -0.3 is 15.7 Å². The number of hydrogen-bond acceptors (Lipinski definition) is 5. The molecule has 0 aliphatic carbocycles. The van der Waals surface area contributed by atoms with Crippen molar-refractivity contribution in [2.45, 2.75) is 39.7 Å². The Hall–Kier alpha value is -2.64. The summed E-state index contributed by atoms with van der Waals surface area (Å²) in [6.45, 7) is 5.72. The maximum atomic E-state index is 11.9. The molecule has 1 rings (SSSR count). The number of carbonyl (C=O) groups is 2. The Kier molecular flexibility index (Phi) is 6.69. The lowest BCUT2D eigenvalue weighted by atomic mass is 9.88. The van der Waals surface area contributed by atoms with Gasteiger partial charge in [-0.05, 0) is 24.3 Å². The molecule has 24 heavy (non-hydrogen) atoms. The highest BCUT2D eigenvalue weighted by Crippen LogP contribution is 2.23. The molecule has 1 atom stereocenters. The van der Waals surface area contributed by atoms with Crippen LogP contribution in [0.3, 0.4) is 0 Å². The predicted octanol–water partition coefficient (Wildman–Crippen LogP) is 2.40. The number of nitrogens with zero attached hydrogens (tertiary/aromatic N) is 1. The number of aliphatic carboxylic acids is 1. The van der Waals surface area contributed by atoms with Gasteiger partial charge in [0.2, 0.25) is 5.91 Å². The van der Waals surface area contributed by atoms with Crippen molar-refractivity contribution in [1.29, 1.82) is 0 Å². The molecule has 0 bridgehead atoms. The number of benzene rings is 1. The first kappa shape index (κ1) is 19.4. The highest BCUT2D eigenvalue weighted by Gasteiger charge is 2.23. The molecule has 132 valence electrons. The SMILES string of the molecule is CC(C)(C)CCC(NC(=O)CNc1ccccc1[N+](=O)[O-])C(=O)O. The molecule has 0 saturated carbocycles. The predicted molar refractivity (Wildman–Crippen MR) is 89.8 cm³/mol. The quantitative estimate of drug-likeness (QED) is 0.494. The van der Waals surface area contributed by atoms with E-state index in [9.17, 15) is 24.8 Å². The number of anilines is 1. The number of amides is 1.